The van der Waals surface area contributed by atoms with Gasteiger partial charge in [0.2, 0.25) is 0 Å². The summed E-state index contributed by atoms with van der Waals surface area (Å²) in [5.74, 6) is 0.625. The van der Waals surface area contributed by atoms with Gasteiger partial charge in [-0.1, -0.05) is 0 Å². The number of fused-ring (bicyclic) bond motifs is 1. The Morgan fingerprint density at radius 3 is 3.18 bits per heavy atom. The van der Waals surface area contributed by atoms with Crippen LogP contribution in [-0.4, -0.2) is 15.5 Å². The first kappa shape index (κ1) is 6.82. The van der Waals surface area contributed by atoms with E-state index in [1.807, 2.05) is 0 Å². The topological polar surface area (TPSA) is 55.3 Å². The number of hydrogen-bond donors (Lipinski definition) is 2. The van der Waals surface area contributed by atoms with E-state index in [-0.39, 0.29) is 5.75 Å². The quantitative estimate of drug-likeness (QED) is 0.448. The number of rotatable bonds is 0. The van der Waals surface area contributed by atoms with Crippen molar-refractivity contribution >= 4 is 16.9 Å². The molecule has 0 spiro atoms. The van der Waals surface area contributed by atoms with E-state index in [0.29, 0.717) is 10.8 Å². The van der Waals surface area contributed by atoms with E-state index in [0.717, 1.165) is 5.69 Å². The Hall–Kier alpha value is -0.870. The van der Waals surface area contributed by atoms with E-state index in [4.69, 9.17) is 5.11 Å². The first-order valence-electron chi connectivity index (χ1n) is 3.22. The molecule has 4 heteroatoms. The van der Waals surface area contributed by atoms with Crippen LogP contribution in [0.15, 0.2) is 23.1 Å². The summed E-state index contributed by atoms with van der Waals surface area (Å²) in [6.07, 6.45) is 0. The number of phenolic OH excluding ortho intramolecular Hbond substituents is 1. The van der Waals surface area contributed by atoms with Crippen molar-refractivity contribution < 1.29 is 9.66 Å². The number of benzene rings is 1. The molecule has 0 saturated heterocycles. The van der Waals surface area contributed by atoms with Crippen LogP contribution < -0.4 is 5.32 Å². The summed E-state index contributed by atoms with van der Waals surface area (Å²) in [5, 5.41) is 12.0. The number of aromatic hydroxyl groups is 1. The van der Waals surface area contributed by atoms with Crippen molar-refractivity contribution in [3.8, 4) is 5.75 Å². The van der Waals surface area contributed by atoms with Crippen LogP contribution in [0, 0.1) is 0 Å². The van der Waals surface area contributed by atoms with E-state index in [1.54, 1.807) is 12.1 Å². The van der Waals surface area contributed by atoms with Gasteiger partial charge in [0.25, 0.3) is 0 Å². The van der Waals surface area contributed by atoms with Gasteiger partial charge in [0.15, 0.2) is 10.8 Å². The molecule has 0 bridgehead atoms. The highest BCUT2D eigenvalue weighted by molar-refractivity contribution is 7.92. The van der Waals surface area contributed by atoms with E-state index in [1.165, 1.54) is 6.07 Å². The maximum atomic E-state index is 11.2. The molecule has 0 amide bonds. The lowest BCUT2D eigenvalue weighted by Crippen LogP contribution is -2.02. The third-order valence-electron chi connectivity index (χ3n) is 1.60. The highest BCUT2D eigenvalue weighted by Crippen LogP contribution is 2.31. The Labute approximate surface area is 67.2 Å². The molecule has 3 nitrogen and oxygen atoms in total. The fourth-order valence-electron chi connectivity index (χ4n) is 1.07. The number of hydrogen-bond acceptors (Lipinski definition) is 3. The van der Waals surface area contributed by atoms with Crippen LogP contribution in [0.25, 0.3) is 0 Å². The van der Waals surface area contributed by atoms with Crippen LogP contribution in [0.4, 0.5) is 5.69 Å². The summed E-state index contributed by atoms with van der Waals surface area (Å²) in [6.45, 7) is 0. The van der Waals surface area contributed by atoms with E-state index < -0.39 is 11.2 Å². The molecule has 1 aliphatic heterocycles. The van der Waals surface area contributed by atoms with E-state index in [9.17, 15) is 4.55 Å². The molecule has 1 aromatic rings. The Balaban J connectivity index is 2.52. The standard InChI is InChI=1S/C7H7NO2S/c9-5-1-2-6-7(3-5)11(10)4-8-6/h1-3,8-9H,4H2. The zero-order valence-electron chi connectivity index (χ0n) is 5.70. The van der Waals surface area contributed by atoms with E-state index >= 15 is 0 Å². The number of anilines is 1. The van der Waals surface area contributed by atoms with Gasteiger partial charge < -0.3 is 15.0 Å². The maximum Gasteiger partial charge on any atom is 0.181 e. The minimum atomic E-state index is -0.979. The van der Waals surface area contributed by atoms with Crippen molar-refractivity contribution in [3.63, 3.8) is 0 Å². The van der Waals surface area contributed by atoms with Gasteiger partial charge in [-0.05, 0) is 12.1 Å². The first-order chi connectivity index (χ1) is 5.27. The van der Waals surface area contributed by atoms with Gasteiger partial charge >= 0.3 is 0 Å². The van der Waals surface area contributed by atoms with Crippen molar-refractivity contribution in [2.24, 2.45) is 0 Å². The Morgan fingerprint density at radius 1 is 1.55 bits per heavy atom. The molecule has 0 aliphatic carbocycles. The van der Waals surface area contributed by atoms with Crippen LogP contribution >= 0.6 is 0 Å². The molecular formula is C7H7NO2S. The zero-order chi connectivity index (χ0) is 7.84. The average molecular weight is 169 g/mol. The van der Waals surface area contributed by atoms with Gasteiger partial charge in [0.05, 0.1) is 5.69 Å². The minimum Gasteiger partial charge on any atom is -0.610 e. The Morgan fingerprint density at radius 2 is 2.36 bits per heavy atom. The molecule has 0 saturated carbocycles. The molecule has 0 radical (unpaired) electrons. The van der Waals surface area contributed by atoms with Gasteiger partial charge in [0.1, 0.15) is 5.75 Å². The maximum absolute atomic E-state index is 11.2. The van der Waals surface area contributed by atoms with Crippen molar-refractivity contribution in [3.05, 3.63) is 18.2 Å². The second-order valence-electron chi connectivity index (χ2n) is 2.35. The lowest BCUT2D eigenvalue weighted by molar-refractivity contribution is 0.473. The van der Waals surface area contributed by atoms with Gasteiger partial charge in [0, 0.05) is 17.2 Å². The third-order valence-corrected chi connectivity index (χ3v) is 2.84. The summed E-state index contributed by atoms with van der Waals surface area (Å²) in [6, 6.07) is 4.84. The predicted octanol–water partition coefficient (Wildman–Crippen LogP) is 0.883. The largest absolute Gasteiger partial charge is 0.610 e. The molecule has 11 heavy (non-hydrogen) atoms. The highest BCUT2D eigenvalue weighted by atomic mass is 32.2. The summed E-state index contributed by atoms with van der Waals surface area (Å²) < 4.78 is 11.2. The lowest BCUT2D eigenvalue weighted by atomic mass is 10.3. The van der Waals surface area contributed by atoms with Crippen LogP contribution in [0.2, 0.25) is 0 Å². The zero-order valence-corrected chi connectivity index (χ0v) is 6.52. The van der Waals surface area contributed by atoms with Crippen molar-refractivity contribution in [1.82, 2.24) is 0 Å². The highest BCUT2D eigenvalue weighted by Gasteiger charge is 2.23. The van der Waals surface area contributed by atoms with Crippen molar-refractivity contribution in [2.75, 3.05) is 11.2 Å². The molecule has 1 aromatic carbocycles. The normalized spacial score (nSPS) is 21.0. The van der Waals surface area contributed by atoms with Crippen molar-refractivity contribution in [1.29, 1.82) is 0 Å². The smallest absolute Gasteiger partial charge is 0.181 e. The molecule has 0 fully saturated rings. The summed E-state index contributed by atoms with van der Waals surface area (Å²) in [5.41, 5.74) is 0.862. The summed E-state index contributed by atoms with van der Waals surface area (Å²) in [4.78, 5) is 0.699. The monoisotopic (exact) mass is 169 g/mol. The number of phenols is 1. The van der Waals surface area contributed by atoms with Crippen LogP contribution in [-0.2, 0) is 11.2 Å². The number of nitrogens with one attached hydrogen (secondary N) is 1. The van der Waals surface area contributed by atoms with Gasteiger partial charge in [-0.2, -0.15) is 0 Å². The van der Waals surface area contributed by atoms with Crippen molar-refractivity contribution in [2.45, 2.75) is 4.90 Å². The fraction of sp³-hybridized carbons (Fsp3) is 0.143. The molecule has 1 unspecified atom stereocenters. The summed E-state index contributed by atoms with van der Waals surface area (Å²) in [7, 11) is 0. The van der Waals surface area contributed by atoms with E-state index in [2.05, 4.69) is 5.32 Å². The predicted molar refractivity (Wildman–Crippen MR) is 43.0 cm³/mol. The molecule has 58 valence electrons. The van der Waals surface area contributed by atoms with Gasteiger partial charge in [-0.25, -0.2) is 0 Å². The van der Waals surface area contributed by atoms with Gasteiger partial charge in [-0.15, -0.1) is 0 Å². The molecule has 2 rings (SSSR count). The SMILES string of the molecule is [O-][S+]1CNc2ccc(O)cc21. The molecule has 1 atom stereocenters. The summed E-state index contributed by atoms with van der Waals surface area (Å²) >= 11 is -0.979. The Kier molecular flexibility index (Phi) is 1.44. The molecule has 2 N–H and O–H groups in total. The van der Waals surface area contributed by atoms with Crippen LogP contribution in [0.3, 0.4) is 0 Å². The average Bonchev–Trinajstić information content (AvgIpc) is 2.33. The third kappa shape index (κ3) is 1.04. The minimum absolute atomic E-state index is 0.167. The molecule has 0 aromatic heterocycles. The Bertz CT molecular complexity index is 290. The lowest BCUT2D eigenvalue weighted by Gasteiger charge is -2.00. The van der Waals surface area contributed by atoms with Gasteiger partial charge in [-0.3, -0.25) is 0 Å². The second kappa shape index (κ2) is 2.32. The van der Waals surface area contributed by atoms with Crippen LogP contribution in [0.5, 0.6) is 5.75 Å². The fourth-order valence-corrected chi connectivity index (χ4v) is 2.15. The molecule has 1 aliphatic rings. The molecule has 1 heterocycles. The molecular weight excluding hydrogens is 162 g/mol. The second-order valence-corrected chi connectivity index (χ2v) is 3.77. The van der Waals surface area contributed by atoms with Crippen LogP contribution in [0.1, 0.15) is 0 Å². The first-order valence-corrected chi connectivity index (χ1v) is 4.54.